The fraction of sp³-hybridized carbons (Fsp3) is 0.435. The van der Waals surface area contributed by atoms with Gasteiger partial charge in [-0.2, -0.15) is 0 Å². The number of halogens is 1. The molecule has 2 aromatic rings. The average Bonchev–Trinajstić information content (AvgIpc) is 3.08. The number of hydrogen-bond acceptors (Lipinski definition) is 3. The molecule has 3 unspecified atom stereocenters. The summed E-state index contributed by atoms with van der Waals surface area (Å²) in [5.74, 6) is 0.00450. The number of nitrogens with zero attached hydrogens (tertiary/aromatic N) is 2. The van der Waals surface area contributed by atoms with Gasteiger partial charge in [-0.15, -0.1) is 0 Å². The Morgan fingerprint density at radius 1 is 1.07 bits per heavy atom. The molecule has 2 heterocycles. The predicted octanol–water partition coefficient (Wildman–Crippen LogP) is 3.64. The van der Waals surface area contributed by atoms with E-state index in [1.807, 2.05) is 6.07 Å². The van der Waals surface area contributed by atoms with Crippen molar-refractivity contribution in [2.75, 3.05) is 32.7 Å². The van der Waals surface area contributed by atoms with E-state index in [0.717, 1.165) is 43.6 Å². The Hall–Kier alpha value is -2.44. The third-order valence-electron chi connectivity index (χ3n) is 6.58. The monoisotopic (exact) mass is 396 g/mol. The SMILES string of the molecule is O=C(O)N1CCN(CC2CC3c4ccccc4Cc4ccc(F)cc4C3O2)CC1. The second-order valence-corrected chi connectivity index (χ2v) is 8.31. The number of hydrogen-bond donors (Lipinski definition) is 1. The van der Waals surface area contributed by atoms with Gasteiger partial charge in [0.25, 0.3) is 0 Å². The second kappa shape index (κ2) is 7.43. The van der Waals surface area contributed by atoms with Gasteiger partial charge in [-0.3, -0.25) is 4.90 Å². The standard InChI is InChI=1S/C23H25FN2O3/c24-17-6-5-16-11-15-3-1-2-4-19(15)21-13-18(29-22(21)20(16)12-17)14-25-7-9-26(10-8-25)23(27)28/h1-6,12,18,21-22H,7-11,13-14H2,(H,27,28). The zero-order valence-corrected chi connectivity index (χ0v) is 16.3. The van der Waals surface area contributed by atoms with Gasteiger partial charge in [0.15, 0.2) is 0 Å². The summed E-state index contributed by atoms with van der Waals surface area (Å²) < 4.78 is 20.6. The maximum absolute atomic E-state index is 14.1. The summed E-state index contributed by atoms with van der Waals surface area (Å²) in [5, 5.41) is 9.14. The van der Waals surface area contributed by atoms with Crippen molar-refractivity contribution in [2.45, 2.75) is 31.0 Å². The fourth-order valence-electron chi connectivity index (χ4n) is 5.13. The molecule has 2 fully saturated rings. The van der Waals surface area contributed by atoms with Crippen molar-refractivity contribution >= 4 is 6.09 Å². The summed E-state index contributed by atoms with van der Waals surface area (Å²) in [7, 11) is 0. The molecule has 5 rings (SSSR count). The third kappa shape index (κ3) is 3.51. The summed E-state index contributed by atoms with van der Waals surface area (Å²) in [6, 6.07) is 13.6. The van der Waals surface area contributed by atoms with Crippen molar-refractivity contribution in [3.05, 3.63) is 70.5 Å². The lowest BCUT2D eigenvalue weighted by Gasteiger charge is -2.34. The molecule has 1 amide bonds. The highest BCUT2D eigenvalue weighted by atomic mass is 19.1. The largest absolute Gasteiger partial charge is 0.465 e. The van der Waals surface area contributed by atoms with Crippen molar-refractivity contribution in [1.82, 2.24) is 9.80 Å². The molecule has 0 radical (unpaired) electrons. The average molecular weight is 396 g/mol. The van der Waals surface area contributed by atoms with E-state index in [-0.39, 0.29) is 23.9 Å². The second-order valence-electron chi connectivity index (χ2n) is 8.31. The molecule has 0 aromatic heterocycles. The van der Waals surface area contributed by atoms with Crippen molar-refractivity contribution < 1.29 is 19.0 Å². The van der Waals surface area contributed by atoms with Gasteiger partial charge in [0.05, 0.1) is 12.2 Å². The molecule has 29 heavy (non-hydrogen) atoms. The Kier molecular flexibility index (Phi) is 4.76. The minimum Gasteiger partial charge on any atom is -0.465 e. The van der Waals surface area contributed by atoms with Crippen LogP contribution in [-0.2, 0) is 11.2 Å². The summed E-state index contributed by atoms with van der Waals surface area (Å²) in [5.41, 5.74) is 4.73. The molecular formula is C23H25FN2O3. The third-order valence-corrected chi connectivity index (χ3v) is 6.58. The smallest absolute Gasteiger partial charge is 0.407 e. The van der Waals surface area contributed by atoms with E-state index in [0.29, 0.717) is 13.1 Å². The van der Waals surface area contributed by atoms with E-state index in [9.17, 15) is 9.18 Å². The Morgan fingerprint density at radius 2 is 1.83 bits per heavy atom. The number of benzene rings is 2. The summed E-state index contributed by atoms with van der Waals surface area (Å²) >= 11 is 0. The molecule has 3 aliphatic rings. The molecule has 1 N–H and O–H groups in total. The van der Waals surface area contributed by atoms with Gasteiger partial charge in [0.1, 0.15) is 5.82 Å². The van der Waals surface area contributed by atoms with E-state index in [4.69, 9.17) is 9.84 Å². The Morgan fingerprint density at radius 3 is 2.62 bits per heavy atom. The van der Waals surface area contributed by atoms with Crippen LogP contribution in [0.4, 0.5) is 9.18 Å². The summed E-state index contributed by atoms with van der Waals surface area (Å²) in [6.45, 7) is 3.30. The number of fused-ring (bicyclic) bond motifs is 5. The van der Waals surface area contributed by atoms with Crippen LogP contribution in [0.5, 0.6) is 0 Å². The van der Waals surface area contributed by atoms with Gasteiger partial charge >= 0.3 is 6.09 Å². The van der Waals surface area contributed by atoms with E-state index in [1.54, 1.807) is 6.07 Å². The van der Waals surface area contributed by atoms with E-state index in [1.165, 1.54) is 22.1 Å². The first-order valence-electron chi connectivity index (χ1n) is 10.3. The molecule has 0 saturated carbocycles. The van der Waals surface area contributed by atoms with Crippen LogP contribution in [0.2, 0.25) is 0 Å². The van der Waals surface area contributed by atoms with Crippen LogP contribution in [0.3, 0.4) is 0 Å². The summed E-state index contributed by atoms with van der Waals surface area (Å²) in [4.78, 5) is 14.9. The van der Waals surface area contributed by atoms with E-state index >= 15 is 0 Å². The first-order valence-corrected chi connectivity index (χ1v) is 10.3. The molecule has 6 heteroatoms. The van der Waals surface area contributed by atoms with Crippen LogP contribution >= 0.6 is 0 Å². The van der Waals surface area contributed by atoms with Crippen LogP contribution in [0.25, 0.3) is 0 Å². The molecule has 2 aromatic carbocycles. The van der Waals surface area contributed by atoms with E-state index < -0.39 is 6.09 Å². The number of ether oxygens (including phenoxy) is 1. The van der Waals surface area contributed by atoms with Crippen molar-refractivity contribution in [1.29, 1.82) is 0 Å². The van der Waals surface area contributed by atoms with Crippen LogP contribution < -0.4 is 0 Å². The highest BCUT2D eigenvalue weighted by Crippen LogP contribution is 2.49. The molecule has 2 aliphatic heterocycles. The molecule has 0 spiro atoms. The fourth-order valence-corrected chi connectivity index (χ4v) is 5.13. The Labute approximate surface area is 169 Å². The number of amides is 1. The molecular weight excluding hydrogens is 371 g/mol. The van der Waals surface area contributed by atoms with Crippen LogP contribution in [0.15, 0.2) is 42.5 Å². The van der Waals surface area contributed by atoms with Crippen molar-refractivity contribution in [3.8, 4) is 0 Å². The van der Waals surface area contributed by atoms with Gasteiger partial charge in [-0.05, 0) is 47.2 Å². The zero-order chi connectivity index (χ0) is 20.0. The van der Waals surface area contributed by atoms with E-state index in [2.05, 4.69) is 29.2 Å². The molecule has 5 nitrogen and oxygen atoms in total. The van der Waals surface area contributed by atoms with Crippen molar-refractivity contribution in [3.63, 3.8) is 0 Å². The lowest BCUT2D eigenvalue weighted by molar-refractivity contribution is 0.0100. The van der Waals surface area contributed by atoms with Gasteiger partial charge in [-0.25, -0.2) is 9.18 Å². The molecule has 2 saturated heterocycles. The lowest BCUT2D eigenvalue weighted by atomic mass is 9.87. The predicted molar refractivity (Wildman–Crippen MR) is 107 cm³/mol. The van der Waals surface area contributed by atoms with Gasteiger partial charge in [-0.1, -0.05) is 30.3 Å². The topological polar surface area (TPSA) is 53.0 Å². The quantitative estimate of drug-likeness (QED) is 0.842. The number of piperazine rings is 1. The molecule has 152 valence electrons. The minimum atomic E-state index is -0.848. The molecule has 3 atom stereocenters. The molecule has 0 bridgehead atoms. The maximum Gasteiger partial charge on any atom is 0.407 e. The zero-order valence-electron chi connectivity index (χ0n) is 16.3. The minimum absolute atomic E-state index is 0.0589. The number of carboxylic acid groups (broad SMARTS) is 1. The van der Waals surface area contributed by atoms with Gasteiger partial charge in [0.2, 0.25) is 0 Å². The number of rotatable bonds is 2. The first kappa shape index (κ1) is 18.6. The number of carbonyl (C=O) groups is 1. The van der Waals surface area contributed by atoms with Crippen LogP contribution in [0.1, 0.15) is 40.7 Å². The lowest BCUT2D eigenvalue weighted by Crippen LogP contribution is -2.50. The van der Waals surface area contributed by atoms with Gasteiger partial charge < -0.3 is 14.7 Å². The van der Waals surface area contributed by atoms with Crippen molar-refractivity contribution in [2.24, 2.45) is 0 Å². The van der Waals surface area contributed by atoms with Crippen LogP contribution in [0, 0.1) is 5.82 Å². The molecule has 1 aliphatic carbocycles. The van der Waals surface area contributed by atoms with Crippen LogP contribution in [-0.4, -0.2) is 59.8 Å². The first-order chi connectivity index (χ1) is 14.1. The Balaban J connectivity index is 1.38. The normalized spacial score (nSPS) is 26.4. The highest BCUT2D eigenvalue weighted by molar-refractivity contribution is 5.65. The highest BCUT2D eigenvalue weighted by Gasteiger charge is 2.41. The maximum atomic E-state index is 14.1. The Bertz CT molecular complexity index is 926. The summed E-state index contributed by atoms with van der Waals surface area (Å²) in [6.07, 6.45) is 0.790. The van der Waals surface area contributed by atoms with Gasteiger partial charge in [0, 0.05) is 38.6 Å².